The summed E-state index contributed by atoms with van der Waals surface area (Å²) in [4.78, 5) is 15.8. The summed E-state index contributed by atoms with van der Waals surface area (Å²) in [5.41, 5.74) is 2.49. The summed E-state index contributed by atoms with van der Waals surface area (Å²) in [6, 6.07) is 8.55. The maximum absolute atomic E-state index is 12.0. The zero-order chi connectivity index (χ0) is 15.6. The Morgan fingerprint density at radius 3 is 2.57 bits per heavy atom. The second kappa shape index (κ2) is 6.31. The van der Waals surface area contributed by atoms with E-state index in [2.05, 4.69) is 46.9 Å². The average molecular weight is 287 g/mol. The lowest BCUT2D eigenvalue weighted by atomic mass is 10.1. The molecule has 21 heavy (non-hydrogen) atoms. The first-order valence-electron chi connectivity index (χ1n) is 7.43. The van der Waals surface area contributed by atoms with Crippen LogP contribution in [0.25, 0.3) is 10.9 Å². The third kappa shape index (κ3) is 3.27. The van der Waals surface area contributed by atoms with Crippen LogP contribution < -0.4 is 0 Å². The first-order valence-corrected chi connectivity index (χ1v) is 7.43. The SMILES string of the molecule is CCn1ccc2ccc(CN(C)[C@@H](C)C(=O)N(C)C)cc21. The molecule has 2 aromatic rings. The third-order valence-electron chi connectivity index (χ3n) is 4.07. The van der Waals surface area contributed by atoms with Gasteiger partial charge in [0.25, 0.3) is 0 Å². The topological polar surface area (TPSA) is 28.5 Å². The van der Waals surface area contributed by atoms with Crippen LogP contribution in [0, 0.1) is 0 Å². The molecule has 0 aliphatic heterocycles. The first-order chi connectivity index (χ1) is 9.93. The lowest BCUT2D eigenvalue weighted by molar-refractivity contribution is -0.133. The number of aromatic nitrogens is 1. The second-order valence-electron chi connectivity index (χ2n) is 5.82. The van der Waals surface area contributed by atoms with Gasteiger partial charge in [-0.05, 0) is 44.0 Å². The molecule has 1 amide bonds. The minimum Gasteiger partial charge on any atom is -0.348 e. The van der Waals surface area contributed by atoms with Gasteiger partial charge in [-0.15, -0.1) is 0 Å². The Hall–Kier alpha value is -1.81. The minimum atomic E-state index is -0.117. The quantitative estimate of drug-likeness (QED) is 0.845. The van der Waals surface area contributed by atoms with Crippen molar-refractivity contribution in [3.63, 3.8) is 0 Å². The lowest BCUT2D eigenvalue weighted by Gasteiger charge is -2.26. The van der Waals surface area contributed by atoms with Gasteiger partial charge in [0.15, 0.2) is 0 Å². The molecule has 0 aliphatic rings. The molecule has 0 saturated carbocycles. The minimum absolute atomic E-state index is 0.117. The van der Waals surface area contributed by atoms with Gasteiger partial charge in [-0.25, -0.2) is 0 Å². The van der Waals surface area contributed by atoms with Crippen LogP contribution in [0.5, 0.6) is 0 Å². The summed E-state index contributed by atoms with van der Waals surface area (Å²) >= 11 is 0. The molecule has 0 N–H and O–H groups in total. The standard InChI is InChI=1S/C17H25N3O/c1-6-20-10-9-15-8-7-14(11-16(15)20)12-19(5)13(2)17(21)18(3)4/h7-11,13H,6,12H2,1-5H3/t13-/m0/s1. The molecule has 114 valence electrons. The molecule has 0 spiro atoms. The van der Waals surface area contributed by atoms with Crippen molar-refractivity contribution in [1.82, 2.24) is 14.4 Å². The van der Waals surface area contributed by atoms with Gasteiger partial charge in [0.05, 0.1) is 6.04 Å². The Labute approximate surface area is 126 Å². The molecule has 0 saturated heterocycles. The summed E-state index contributed by atoms with van der Waals surface area (Å²) in [5.74, 6) is 0.135. The van der Waals surface area contributed by atoms with Crippen LogP contribution in [0.4, 0.5) is 0 Å². The van der Waals surface area contributed by atoms with Gasteiger partial charge >= 0.3 is 0 Å². The fourth-order valence-corrected chi connectivity index (χ4v) is 2.59. The molecule has 0 radical (unpaired) electrons. The summed E-state index contributed by atoms with van der Waals surface area (Å²) < 4.78 is 2.24. The van der Waals surface area contributed by atoms with E-state index >= 15 is 0 Å². The highest BCUT2D eigenvalue weighted by atomic mass is 16.2. The maximum Gasteiger partial charge on any atom is 0.239 e. The highest BCUT2D eigenvalue weighted by Crippen LogP contribution is 2.19. The molecular formula is C17H25N3O. The molecule has 1 atom stereocenters. The van der Waals surface area contributed by atoms with Crippen molar-refractivity contribution in [3.05, 3.63) is 36.0 Å². The molecule has 1 aromatic heterocycles. The van der Waals surface area contributed by atoms with Crippen LogP contribution in [0.3, 0.4) is 0 Å². The Kier molecular flexibility index (Phi) is 4.68. The molecule has 0 aliphatic carbocycles. The Morgan fingerprint density at radius 2 is 1.95 bits per heavy atom. The molecule has 4 nitrogen and oxygen atoms in total. The average Bonchev–Trinajstić information content (AvgIpc) is 2.87. The number of hydrogen-bond acceptors (Lipinski definition) is 2. The fourth-order valence-electron chi connectivity index (χ4n) is 2.59. The molecule has 0 fully saturated rings. The van der Waals surface area contributed by atoms with Crippen molar-refractivity contribution in [2.45, 2.75) is 33.0 Å². The van der Waals surface area contributed by atoms with Crippen LogP contribution in [0.2, 0.25) is 0 Å². The molecule has 1 heterocycles. The number of likely N-dealkylation sites (N-methyl/N-ethyl adjacent to an activating group) is 2. The van der Waals surface area contributed by atoms with Crippen LogP contribution >= 0.6 is 0 Å². The first kappa shape index (κ1) is 15.6. The predicted octanol–water partition coefficient (Wildman–Crippen LogP) is 2.57. The Morgan fingerprint density at radius 1 is 1.24 bits per heavy atom. The molecular weight excluding hydrogens is 262 g/mol. The van der Waals surface area contributed by atoms with Gasteiger partial charge in [-0.3, -0.25) is 9.69 Å². The van der Waals surface area contributed by atoms with Crippen molar-refractivity contribution in [3.8, 4) is 0 Å². The van der Waals surface area contributed by atoms with Crippen LogP contribution in [-0.2, 0) is 17.9 Å². The number of fused-ring (bicyclic) bond motifs is 1. The van der Waals surface area contributed by atoms with Crippen molar-refractivity contribution >= 4 is 16.8 Å². The molecule has 0 bridgehead atoms. The van der Waals surface area contributed by atoms with E-state index in [1.807, 2.05) is 14.0 Å². The zero-order valence-corrected chi connectivity index (χ0v) is 13.6. The van der Waals surface area contributed by atoms with E-state index in [1.54, 1.807) is 19.0 Å². The van der Waals surface area contributed by atoms with Crippen molar-refractivity contribution in [2.75, 3.05) is 21.1 Å². The van der Waals surface area contributed by atoms with E-state index in [0.29, 0.717) is 0 Å². The van der Waals surface area contributed by atoms with Crippen molar-refractivity contribution in [2.24, 2.45) is 0 Å². The normalized spacial score (nSPS) is 12.9. The van der Waals surface area contributed by atoms with Gasteiger partial charge in [0, 0.05) is 38.9 Å². The summed E-state index contributed by atoms with van der Waals surface area (Å²) in [7, 11) is 5.59. The van der Waals surface area contributed by atoms with Crippen LogP contribution in [-0.4, -0.2) is 47.5 Å². The summed E-state index contributed by atoms with van der Waals surface area (Å²) in [6.07, 6.45) is 2.12. The molecule has 1 aromatic carbocycles. The van der Waals surface area contributed by atoms with Gasteiger partial charge in [0.1, 0.15) is 0 Å². The largest absolute Gasteiger partial charge is 0.348 e. The lowest BCUT2D eigenvalue weighted by Crippen LogP contribution is -2.42. The van der Waals surface area contributed by atoms with E-state index in [1.165, 1.54) is 16.5 Å². The Bertz CT molecular complexity index is 630. The third-order valence-corrected chi connectivity index (χ3v) is 4.07. The van der Waals surface area contributed by atoms with Gasteiger partial charge in [-0.1, -0.05) is 12.1 Å². The highest BCUT2D eigenvalue weighted by molar-refractivity contribution is 5.81. The van der Waals surface area contributed by atoms with Gasteiger partial charge < -0.3 is 9.47 Å². The summed E-state index contributed by atoms with van der Waals surface area (Å²) in [6.45, 7) is 5.84. The maximum atomic E-state index is 12.0. The van der Waals surface area contributed by atoms with Crippen molar-refractivity contribution in [1.29, 1.82) is 0 Å². The zero-order valence-electron chi connectivity index (χ0n) is 13.6. The number of carbonyl (C=O) groups excluding carboxylic acids is 1. The van der Waals surface area contributed by atoms with E-state index in [0.717, 1.165) is 13.1 Å². The highest BCUT2D eigenvalue weighted by Gasteiger charge is 2.19. The number of amides is 1. The number of nitrogens with zero attached hydrogens (tertiary/aromatic N) is 3. The van der Waals surface area contributed by atoms with E-state index < -0.39 is 0 Å². The van der Waals surface area contributed by atoms with Crippen LogP contribution in [0.1, 0.15) is 19.4 Å². The smallest absolute Gasteiger partial charge is 0.239 e. The number of benzene rings is 1. The van der Waals surface area contributed by atoms with E-state index in [-0.39, 0.29) is 11.9 Å². The summed E-state index contributed by atoms with van der Waals surface area (Å²) in [5, 5.41) is 1.26. The fraction of sp³-hybridized carbons (Fsp3) is 0.471. The number of hydrogen-bond donors (Lipinski definition) is 0. The van der Waals surface area contributed by atoms with E-state index in [9.17, 15) is 4.79 Å². The monoisotopic (exact) mass is 287 g/mol. The van der Waals surface area contributed by atoms with E-state index in [4.69, 9.17) is 0 Å². The Balaban J connectivity index is 2.17. The van der Waals surface area contributed by atoms with Gasteiger partial charge in [-0.2, -0.15) is 0 Å². The van der Waals surface area contributed by atoms with Gasteiger partial charge in [0.2, 0.25) is 5.91 Å². The predicted molar refractivity (Wildman–Crippen MR) is 87.2 cm³/mol. The second-order valence-corrected chi connectivity index (χ2v) is 5.82. The van der Waals surface area contributed by atoms with Crippen LogP contribution in [0.15, 0.2) is 30.5 Å². The number of rotatable bonds is 5. The molecule has 0 unspecified atom stereocenters. The molecule has 2 rings (SSSR count). The number of carbonyl (C=O) groups is 1. The molecule has 4 heteroatoms. The number of aryl methyl sites for hydroxylation is 1. The van der Waals surface area contributed by atoms with Crippen molar-refractivity contribution < 1.29 is 4.79 Å².